The van der Waals surface area contributed by atoms with Crippen LogP contribution in [0.15, 0.2) is 18.2 Å². The number of aliphatic hydroxyl groups excluding tert-OH is 1. The molecule has 0 unspecified atom stereocenters. The van der Waals surface area contributed by atoms with Gasteiger partial charge in [0.05, 0.1) is 17.5 Å². The van der Waals surface area contributed by atoms with E-state index in [1.165, 1.54) is 0 Å². The summed E-state index contributed by atoms with van der Waals surface area (Å²) in [6.45, 7) is 2.68. The molecule has 1 aromatic carbocycles. The van der Waals surface area contributed by atoms with Crippen LogP contribution in [-0.2, 0) is 11.3 Å². The summed E-state index contributed by atoms with van der Waals surface area (Å²) in [6.07, 6.45) is -0.614. The van der Waals surface area contributed by atoms with Crippen LogP contribution in [-0.4, -0.2) is 25.7 Å². The molecule has 2 N–H and O–H groups in total. The Balaban J connectivity index is 2.52. The van der Waals surface area contributed by atoms with E-state index >= 15 is 0 Å². The number of carboxylic acids is 1. The molecular weight excluding hydrogens is 268 g/mol. The zero-order valence-corrected chi connectivity index (χ0v) is 11.3. The van der Waals surface area contributed by atoms with Crippen molar-refractivity contribution in [2.45, 2.75) is 32.4 Å². The lowest BCUT2D eigenvalue weighted by Gasteiger charge is -2.11. The number of carbonyl (C=O) groups is 1. The van der Waals surface area contributed by atoms with Crippen molar-refractivity contribution in [1.29, 1.82) is 0 Å². The molecule has 0 saturated heterocycles. The molecule has 0 amide bonds. The summed E-state index contributed by atoms with van der Waals surface area (Å²) < 4.78 is 1.85. The second-order valence-corrected chi connectivity index (χ2v) is 4.80. The van der Waals surface area contributed by atoms with Crippen molar-refractivity contribution in [2.75, 3.05) is 0 Å². The third-order valence-corrected chi connectivity index (χ3v) is 3.09. The van der Waals surface area contributed by atoms with E-state index in [2.05, 4.69) is 4.98 Å². The van der Waals surface area contributed by atoms with Crippen LogP contribution in [0.2, 0.25) is 5.02 Å². The summed E-state index contributed by atoms with van der Waals surface area (Å²) in [7, 11) is 0. The summed E-state index contributed by atoms with van der Waals surface area (Å²) in [5.41, 5.74) is 1.52. The van der Waals surface area contributed by atoms with Crippen LogP contribution in [0.3, 0.4) is 0 Å². The first-order chi connectivity index (χ1) is 9.02. The van der Waals surface area contributed by atoms with Gasteiger partial charge in [-0.25, -0.2) is 4.98 Å². The first kappa shape index (κ1) is 13.8. The van der Waals surface area contributed by atoms with Crippen LogP contribution in [0, 0.1) is 0 Å². The fourth-order valence-electron chi connectivity index (χ4n) is 2.09. The predicted molar refractivity (Wildman–Crippen MR) is 72.2 cm³/mol. The highest BCUT2D eigenvalue weighted by Crippen LogP contribution is 2.25. The number of hydrogen-bond donors (Lipinski definition) is 2. The fraction of sp³-hybridized carbons (Fsp3) is 0.385. The molecule has 0 aliphatic carbocycles. The van der Waals surface area contributed by atoms with E-state index in [0.717, 1.165) is 11.9 Å². The quantitative estimate of drug-likeness (QED) is 0.884. The summed E-state index contributed by atoms with van der Waals surface area (Å²) in [4.78, 5) is 15.0. The Morgan fingerprint density at radius 3 is 2.89 bits per heavy atom. The van der Waals surface area contributed by atoms with Gasteiger partial charge in [-0.05, 0) is 24.6 Å². The Hall–Kier alpha value is -1.59. The molecular formula is C13H15ClN2O3. The maximum absolute atomic E-state index is 10.7. The maximum Gasteiger partial charge on any atom is 0.306 e. The smallest absolute Gasteiger partial charge is 0.306 e. The van der Waals surface area contributed by atoms with Crippen molar-refractivity contribution < 1.29 is 15.0 Å². The maximum atomic E-state index is 10.7. The van der Waals surface area contributed by atoms with Crippen molar-refractivity contribution in [3.05, 3.63) is 29.0 Å². The van der Waals surface area contributed by atoms with E-state index in [1.54, 1.807) is 12.1 Å². The number of aromatic nitrogens is 2. The van der Waals surface area contributed by atoms with Gasteiger partial charge in [0.2, 0.25) is 0 Å². The van der Waals surface area contributed by atoms with Crippen LogP contribution in [0.25, 0.3) is 11.0 Å². The minimum Gasteiger partial charge on any atom is -0.481 e. The van der Waals surface area contributed by atoms with E-state index in [4.69, 9.17) is 16.7 Å². The molecule has 1 aromatic heterocycles. The van der Waals surface area contributed by atoms with Gasteiger partial charge < -0.3 is 14.8 Å². The van der Waals surface area contributed by atoms with Gasteiger partial charge in [0.1, 0.15) is 11.9 Å². The SMILES string of the molecule is CCCn1c([C@@H](O)CC(=O)O)nc2cc(Cl)ccc21. The number of hydrogen-bond acceptors (Lipinski definition) is 3. The van der Waals surface area contributed by atoms with Crippen molar-refractivity contribution in [3.63, 3.8) is 0 Å². The van der Waals surface area contributed by atoms with Crippen molar-refractivity contribution in [1.82, 2.24) is 9.55 Å². The minimum absolute atomic E-state index is 0.360. The molecule has 0 aliphatic rings. The number of nitrogens with zero attached hydrogens (tertiary/aromatic N) is 2. The molecule has 0 fully saturated rings. The van der Waals surface area contributed by atoms with Crippen molar-refractivity contribution >= 4 is 28.6 Å². The van der Waals surface area contributed by atoms with Gasteiger partial charge in [-0.3, -0.25) is 4.79 Å². The van der Waals surface area contributed by atoms with E-state index in [9.17, 15) is 9.90 Å². The van der Waals surface area contributed by atoms with E-state index in [-0.39, 0.29) is 6.42 Å². The number of aliphatic carboxylic acids is 1. The van der Waals surface area contributed by atoms with Crippen LogP contribution in [0.1, 0.15) is 31.7 Å². The van der Waals surface area contributed by atoms with Gasteiger partial charge >= 0.3 is 5.97 Å². The van der Waals surface area contributed by atoms with Gasteiger partial charge in [0, 0.05) is 11.6 Å². The van der Waals surface area contributed by atoms with Gasteiger partial charge in [0.25, 0.3) is 0 Å². The average Bonchev–Trinajstić information content (AvgIpc) is 2.67. The number of imidazole rings is 1. The molecule has 0 radical (unpaired) electrons. The third-order valence-electron chi connectivity index (χ3n) is 2.85. The monoisotopic (exact) mass is 282 g/mol. The van der Waals surface area contributed by atoms with Crippen LogP contribution >= 0.6 is 11.6 Å². The largest absolute Gasteiger partial charge is 0.481 e. The number of rotatable bonds is 5. The van der Waals surface area contributed by atoms with Crippen molar-refractivity contribution in [2.24, 2.45) is 0 Å². The molecule has 0 spiro atoms. The summed E-state index contributed by atoms with van der Waals surface area (Å²) in [6, 6.07) is 5.29. The Morgan fingerprint density at radius 2 is 2.26 bits per heavy atom. The number of fused-ring (bicyclic) bond motifs is 1. The highest BCUT2D eigenvalue weighted by Gasteiger charge is 2.20. The van der Waals surface area contributed by atoms with E-state index < -0.39 is 12.1 Å². The lowest BCUT2D eigenvalue weighted by Crippen LogP contribution is -2.12. The number of halogens is 1. The zero-order valence-electron chi connectivity index (χ0n) is 10.5. The standard InChI is InChI=1S/C13H15ClN2O3/c1-2-5-16-10-4-3-8(14)6-9(10)15-13(16)11(17)7-12(18)19/h3-4,6,11,17H,2,5,7H2,1H3,(H,18,19)/t11-/m0/s1. The van der Waals surface area contributed by atoms with Crippen molar-refractivity contribution in [3.8, 4) is 0 Å². The lowest BCUT2D eigenvalue weighted by molar-refractivity contribution is -0.139. The number of carboxylic acid groups (broad SMARTS) is 1. The summed E-state index contributed by atoms with van der Waals surface area (Å²) >= 11 is 5.92. The molecule has 6 heteroatoms. The number of aliphatic hydroxyl groups is 1. The van der Waals surface area contributed by atoms with Crippen LogP contribution in [0.5, 0.6) is 0 Å². The molecule has 0 aliphatic heterocycles. The fourth-order valence-corrected chi connectivity index (χ4v) is 2.26. The van der Waals surface area contributed by atoms with Crippen LogP contribution < -0.4 is 0 Å². The molecule has 0 saturated carbocycles. The summed E-state index contributed by atoms with van der Waals surface area (Å²) in [5, 5.41) is 19.3. The highest BCUT2D eigenvalue weighted by molar-refractivity contribution is 6.31. The first-order valence-corrected chi connectivity index (χ1v) is 6.46. The number of aryl methyl sites for hydroxylation is 1. The Morgan fingerprint density at radius 1 is 1.53 bits per heavy atom. The first-order valence-electron chi connectivity index (χ1n) is 6.08. The Labute approximate surface area is 115 Å². The summed E-state index contributed by atoms with van der Waals surface area (Å²) in [5.74, 6) is -0.679. The Bertz CT molecular complexity index is 609. The lowest BCUT2D eigenvalue weighted by atomic mass is 10.2. The molecule has 102 valence electrons. The zero-order chi connectivity index (χ0) is 14.0. The Kier molecular flexibility index (Phi) is 4.07. The van der Waals surface area contributed by atoms with Crippen LogP contribution in [0.4, 0.5) is 0 Å². The predicted octanol–water partition coefficient (Wildman–Crippen LogP) is 2.61. The molecule has 2 rings (SSSR count). The highest BCUT2D eigenvalue weighted by atomic mass is 35.5. The molecule has 0 bridgehead atoms. The average molecular weight is 283 g/mol. The molecule has 1 heterocycles. The molecule has 2 aromatic rings. The van der Waals surface area contributed by atoms with Gasteiger partial charge in [0.15, 0.2) is 0 Å². The van der Waals surface area contributed by atoms with Gasteiger partial charge in [-0.1, -0.05) is 18.5 Å². The normalized spacial score (nSPS) is 12.8. The van der Waals surface area contributed by atoms with E-state index in [0.29, 0.717) is 22.9 Å². The van der Waals surface area contributed by atoms with Gasteiger partial charge in [-0.2, -0.15) is 0 Å². The second kappa shape index (κ2) is 5.59. The number of benzene rings is 1. The second-order valence-electron chi connectivity index (χ2n) is 4.37. The minimum atomic E-state index is -1.12. The van der Waals surface area contributed by atoms with E-state index in [1.807, 2.05) is 17.6 Å². The third kappa shape index (κ3) is 2.88. The molecule has 5 nitrogen and oxygen atoms in total. The molecule has 1 atom stereocenters. The molecule has 19 heavy (non-hydrogen) atoms. The topological polar surface area (TPSA) is 75.4 Å². The van der Waals surface area contributed by atoms with Gasteiger partial charge in [-0.15, -0.1) is 0 Å².